The fourth-order valence-corrected chi connectivity index (χ4v) is 14.1. The first-order chi connectivity index (χ1) is 22.9. The first-order valence-corrected chi connectivity index (χ1v) is 19.5. The maximum absolute atomic E-state index is 13.1. The predicted molar refractivity (Wildman–Crippen MR) is 182 cm³/mol. The van der Waals surface area contributed by atoms with E-state index < -0.39 is 59.5 Å². The number of hydrogen-bond acceptors (Lipinski definition) is 7. The smallest absolute Gasteiger partial charge is 0.310 e. The van der Waals surface area contributed by atoms with Crippen molar-refractivity contribution in [2.24, 2.45) is 62.6 Å². The van der Waals surface area contributed by atoms with Crippen LogP contribution in [0.2, 0.25) is 0 Å². The molecule has 0 radical (unpaired) electrons. The summed E-state index contributed by atoms with van der Waals surface area (Å²) in [6.45, 7) is 16.5. The molecule has 0 bridgehead atoms. The third-order valence-electron chi connectivity index (χ3n) is 17.3. The fraction of sp³-hybridized carbons (Fsp3) is 0.900. The number of hydrogen-bond donors (Lipinski definition) is 5. The first kappa shape index (κ1) is 34.6. The average Bonchev–Trinajstić information content (AvgIpc) is 3.73. The van der Waals surface area contributed by atoms with Crippen LogP contribution in [0.5, 0.6) is 0 Å². The molecule has 0 aromatic carbocycles. The SMILES string of the molecule is CC(C)CNC(=O)C1O[C@@H]([C@@H]2O[C@@]3(C)C4CC[C@]5(C)C(CC=C6C7C8C[C@@]8(C)CC[C@]7(C(=O)O)CC[C@]65C)[C@@]4(C)CC[C@H]23)C(O)C(O)[C@@H]1O. The van der Waals surface area contributed by atoms with Gasteiger partial charge in [-0.1, -0.05) is 53.2 Å². The molecule has 5 N–H and O–H groups in total. The zero-order valence-electron chi connectivity index (χ0n) is 30.7. The lowest BCUT2D eigenvalue weighted by Crippen LogP contribution is -2.76. The van der Waals surface area contributed by atoms with Crippen molar-refractivity contribution < 1.29 is 39.5 Å². The Labute approximate surface area is 292 Å². The lowest BCUT2D eigenvalue weighted by molar-refractivity contribution is -0.371. The molecule has 0 aromatic heterocycles. The van der Waals surface area contributed by atoms with Gasteiger partial charge in [0.25, 0.3) is 5.91 Å². The molecule has 2 aliphatic heterocycles. The molecule has 2 heterocycles. The van der Waals surface area contributed by atoms with E-state index in [1.165, 1.54) is 5.57 Å². The molecule has 2 saturated heterocycles. The summed E-state index contributed by atoms with van der Waals surface area (Å²) in [6, 6.07) is 0. The van der Waals surface area contributed by atoms with Gasteiger partial charge in [0.1, 0.15) is 24.4 Å². The van der Waals surface area contributed by atoms with Crippen LogP contribution < -0.4 is 5.32 Å². The zero-order chi connectivity index (χ0) is 35.3. The van der Waals surface area contributed by atoms with E-state index in [1.807, 2.05) is 13.8 Å². The molecule has 9 nitrogen and oxygen atoms in total. The Morgan fingerprint density at radius 2 is 1.59 bits per heavy atom. The van der Waals surface area contributed by atoms with Crippen LogP contribution in [0.1, 0.15) is 113 Å². The molecule has 5 saturated carbocycles. The van der Waals surface area contributed by atoms with Crippen LogP contribution in [0.15, 0.2) is 11.6 Å². The molecule has 8 rings (SSSR count). The van der Waals surface area contributed by atoms with Gasteiger partial charge < -0.3 is 35.2 Å². The summed E-state index contributed by atoms with van der Waals surface area (Å²) >= 11 is 0. The van der Waals surface area contributed by atoms with E-state index in [1.54, 1.807) is 0 Å². The van der Waals surface area contributed by atoms with Crippen LogP contribution in [0.4, 0.5) is 0 Å². The van der Waals surface area contributed by atoms with Crippen molar-refractivity contribution in [3.63, 3.8) is 0 Å². The lowest BCUT2D eigenvalue weighted by Gasteiger charge is -2.74. The summed E-state index contributed by atoms with van der Waals surface area (Å²) in [5, 5.41) is 46.2. The number of nitrogens with one attached hydrogen (secondary N) is 1. The molecular weight excluding hydrogens is 622 g/mol. The minimum absolute atomic E-state index is 0.0251. The summed E-state index contributed by atoms with van der Waals surface area (Å²) in [6.07, 6.45) is 5.21. The second-order valence-corrected chi connectivity index (χ2v) is 19.7. The van der Waals surface area contributed by atoms with Crippen molar-refractivity contribution in [1.82, 2.24) is 5.32 Å². The van der Waals surface area contributed by atoms with Crippen LogP contribution in [0.25, 0.3) is 0 Å². The number of aliphatic hydroxyl groups is 3. The second kappa shape index (κ2) is 10.8. The van der Waals surface area contributed by atoms with Gasteiger partial charge in [-0.25, -0.2) is 0 Å². The third-order valence-corrected chi connectivity index (χ3v) is 17.3. The number of ether oxygens (including phenoxy) is 2. The molecule has 1 amide bonds. The number of amides is 1. The van der Waals surface area contributed by atoms with Gasteiger partial charge in [0.15, 0.2) is 6.10 Å². The maximum atomic E-state index is 13.1. The number of rotatable bonds is 5. The number of fused-ring (bicyclic) bond motifs is 11. The number of allylic oxidation sites excluding steroid dienone is 2. The highest BCUT2D eigenvalue weighted by atomic mass is 16.6. The quantitative estimate of drug-likeness (QED) is 0.259. The minimum atomic E-state index is -1.52. The van der Waals surface area contributed by atoms with E-state index in [0.29, 0.717) is 29.7 Å². The van der Waals surface area contributed by atoms with Crippen LogP contribution in [-0.4, -0.2) is 81.1 Å². The van der Waals surface area contributed by atoms with Gasteiger partial charge in [-0.2, -0.15) is 0 Å². The molecule has 7 unspecified atom stereocenters. The summed E-state index contributed by atoms with van der Waals surface area (Å²) in [4.78, 5) is 26.1. The Bertz CT molecular complexity index is 1450. The van der Waals surface area contributed by atoms with E-state index in [4.69, 9.17) is 9.47 Å². The van der Waals surface area contributed by atoms with Gasteiger partial charge in [0.05, 0.1) is 17.1 Å². The normalized spacial score (nSPS) is 57.1. The van der Waals surface area contributed by atoms with Gasteiger partial charge in [-0.05, 0) is 122 Å². The Morgan fingerprint density at radius 1 is 0.878 bits per heavy atom. The number of carboxylic acid groups (broad SMARTS) is 1. The van der Waals surface area contributed by atoms with Crippen LogP contribution in [0, 0.1) is 62.6 Å². The molecular formula is C40H61NO8. The van der Waals surface area contributed by atoms with Crippen molar-refractivity contribution in [1.29, 1.82) is 0 Å². The molecule has 49 heavy (non-hydrogen) atoms. The van der Waals surface area contributed by atoms with Gasteiger partial charge >= 0.3 is 5.97 Å². The molecule has 17 atom stereocenters. The highest BCUT2D eigenvalue weighted by molar-refractivity contribution is 5.81. The van der Waals surface area contributed by atoms with E-state index in [2.05, 4.69) is 46.0 Å². The number of aliphatic carboxylic acids is 1. The maximum Gasteiger partial charge on any atom is 0.310 e. The van der Waals surface area contributed by atoms with Gasteiger partial charge in [-0.3, -0.25) is 9.59 Å². The van der Waals surface area contributed by atoms with Gasteiger partial charge in [-0.15, -0.1) is 0 Å². The van der Waals surface area contributed by atoms with E-state index in [-0.39, 0.29) is 34.0 Å². The van der Waals surface area contributed by atoms with Crippen LogP contribution in [-0.2, 0) is 19.1 Å². The highest BCUT2D eigenvalue weighted by Crippen LogP contribution is 2.80. The highest BCUT2D eigenvalue weighted by Gasteiger charge is 2.75. The van der Waals surface area contributed by atoms with Crippen LogP contribution in [0.3, 0.4) is 0 Å². The fourth-order valence-electron chi connectivity index (χ4n) is 14.1. The first-order valence-electron chi connectivity index (χ1n) is 19.5. The van der Waals surface area contributed by atoms with Gasteiger partial charge in [0, 0.05) is 12.5 Å². The minimum Gasteiger partial charge on any atom is -0.481 e. The third kappa shape index (κ3) is 4.34. The lowest BCUT2D eigenvalue weighted by atomic mass is 9.33. The van der Waals surface area contributed by atoms with Crippen molar-refractivity contribution in [2.45, 2.75) is 155 Å². The molecule has 274 valence electrons. The average molecular weight is 684 g/mol. The van der Waals surface area contributed by atoms with Crippen molar-refractivity contribution >= 4 is 11.9 Å². The van der Waals surface area contributed by atoms with Crippen molar-refractivity contribution in [2.75, 3.05) is 6.54 Å². The zero-order valence-corrected chi connectivity index (χ0v) is 30.7. The predicted octanol–water partition coefficient (Wildman–Crippen LogP) is 4.85. The number of carbonyl (C=O) groups excluding carboxylic acids is 1. The van der Waals surface area contributed by atoms with E-state index in [0.717, 1.165) is 64.2 Å². The molecule has 8 aliphatic rings. The molecule has 0 aromatic rings. The Kier molecular flexibility index (Phi) is 7.60. The Balaban J connectivity index is 1.05. The van der Waals surface area contributed by atoms with Gasteiger partial charge in [0.2, 0.25) is 0 Å². The van der Waals surface area contributed by atoms with E-state index >= 15 is 0 Å². The molecule has 0 spiro atoms. The summed E-state index contributed by atoms with van der Waals surface area (Å²) < 4.78 is 13.0. The largest absolute Gasteiger partial charge is 0.481 e. The topological polar surface area (TPSA) is 146 Å². The Hall–Kier alpha value is -1.52. The standard InChI is InChI=1S/C40H61NO8/c1-20(2)19-41-33(45)32-29(44)27(42)28(43)31(48-32)30-22-10-12-36(4)24-9-8-21-26-23-18-35(23,3)14-16-40(26,34(46)47)17-15-37(21,5)38(24,6)13-11-25(36)39(22,7)49-30/h8,20,22-32,42-44H,9-19H2,1-7H3,(H,41,45)(H,46,47)/t22-,23?,24?,25?,26?,27?,28?,29+,30-,31-,32?,35-,36-,37-,38-,39-,40+/m1/s1. The summed E-state index contributed by atoms with van der Waals surface area (Å²) in [5.41, 5.74) is 0.798. The molecule has 7 fully saturated rings. The summed E-state index contributed by atoms with van der Waals surface area (Å²) in [7, 11) is 0. The number of carbonyl (C=O) groups is 2. The van der Waals surface area contributed by atoms with Crippen molar-refractivity contribution in [3.05, 3.63) is 11.6 Å². The number of carboxylic acids is 1. The van der Waals surface area contributed by atoms with Crippen LogP contribution >= 0.6 is 0 Å². The van der Waals surface area contributed by atoms with Crippen molar-refractivity contribution in [3.8, 4) is 0 Å². The Morgan fingerprint density at radius 3 is 2.29 bits per heavy atom. The number of aliphatic hydroxyl groups excluding tert-OH is 3. The second-order valence-electron chi connectivity index (χ2n) is 19.7. The molecule has 9 heteroatoms. The molecule has 6 aliphatic carbocycles. The monoisotopic (exact) mass is 683 g/mol. The van der Waals surface area contributed by atoms with E-state index in [9.17, 15) is 30.0 Å². The summed E-state index contributed by atoms with van der Waals surface area (Å²) in [5.74, 6) is 0.650.